The van der Waals surface area contributed by atoms with Crippen LogP contribution in [0, 0.1) is 0 Å². The highest BCUT2D eigenvalue weighted by molar-refractivity contribution is 5.81. The van der Waals surface area contributed by atoms with E-state index in [2.05, 4.69) is 10.7 Å². The first-order valence-electron chi connectivity index (χ1n) is 4.89. The zero-order valence-corrected chi connectivity index (χ0v) is 8.62. The van der Waals surface area contributed by atoms with Crippen molar-refractivity contribution in [2.75, 3.05) is 13.6 Å². The lowest BCUT2D eigenvalue weighted by molar-refractivity contribution is -0.139. The van der Waals surface area contributed by atoms with Gasteiger partial charge in [-0.3, -0.25) is 9.80 Å². The maximum Gasteiger partial charge on any atom is 0.253 e. The molecule has 2 unspecified atom stereocenters. The van der Waals surface area contributed by atoms with Crippen LogP contribution >= 0.6 is 0 Å². The summed E-state index contributed by atoms with van der Waals surface area (Å²) in [4.78, 5) is 22.2. The Kier molecular flexibility index (Phi) is 4.03. The molecule has 5 heteroatoms. The summed E-state index contributed by atoms with van der Waals surface area (Å²) in [5.41, 5.74) is 2.89. The second-order valence-electron chi connectivity index (χ2n) is 3.51. The topological polar surface area (TPSA) is 61.4 Å². The van der Waals surface area contributed by atoms with Gasteiger partial charge in [0.2, 0.25) is 0 Å². The summed E-state index contributed by atoms with van der Waals surface area (Å²) in [6.45, 7) is 2.48. The number of rotatable bonds is 3. The fourth-order valence-electron chi connectivity index (χ4n) is 1.43. The van der Waals surface area contributed by atoms with E-state index in [0.29, 0.717) is 6.54 Å². The van der Waals surface area contributed by atoms with Crippen LogP contribution in [-0.4, -0.2) is 42.9 Å². The van der Waals surface area contributed by atoms with E-state index < -0.39 is 0 Å². The molecule has 1 aliphatic heterocycles. The zero-order chi connectivity index (χ0) is 10.6. The van der Waals surface area contributed by atoms with Crippen LogP contribution in [0.3, 0.4) is 0 Å². The van der Waals surface area contributed by atoms with Crippen molar-refractivity contribution in [2.24, 2.45) is 0 Å². The van der Waals surface area contributed by atoms with Crippen LogP contribution in [0.1, 0.15) is 19.8 Å². The van der Waals surface area contributed by atoms with Crippen LogP contribution in [0.5, 0.6) is 0 Å². The molecule has 0 radical (unpaired) electrons. The third-order valence-corrected chi connectivity index (χ3v) is 2.45. The van der Waals surface area contributed by atoms with Gasteiger partial charge in [-0.2, -0.15) is 0 Å². The second-order valence-corrected chi connectivity index (χ2v) is 3.51. The summed E-state index contributed by atoms with van der Waals surface area (Å²) in [5, 5.41) is 4.41. The van der Waals surface area contributed by atoms with Crippen molar-refractivity contribution >= 4 is 12.2 Å². The zero-order valence-electron chi connectivity index (χ0n) is 8.62. The van der Waals surface area contributed by atoms with Gasteiger partial charge >= 0.3 is 0 Å². The molecule has 2 atom stereocenters. The molecule has 0 bridgehead atoms. The van der Waals surface area contributed by atoms with E-state index in [4.69, 9.17) is 0 Å². The van der Waals surface area contributed by atoms with Crippen LogP contribution in [0.25, 0.3) is 0 Å². The summed E-state index contributed by atoms with van der Waals surface area (Å²) in [6.07, 6.45) is 2.53. The molecule has 80 valence electrons. The Balaban J connectivity index is 2.51. The largest absolute Gasteiger partial charge is 0.309 e. The summed E-state index contributed by atoms with van der Waals surface area (Å²) in [6, 6.07) is -0.426. The van der Waals surface area contributed by atoms with Crippen LogP contribution < -0.4 is 10.7 Å². The minimum Gasteiger partial charge on any atom is -0.309 e. The first kappa shape index (κ1) is 11.1. The monoisotopic (exact) mass is 199 g/mol. The Labute approximate surface area is 83.8 Å². The Morgan fingerprint density at radius 2 is 2.43 bits per heavy atom. The third kappa shape index (κ3) is 2.52. The van der Waals surface area contributed by atoms with E-state index in [1.165, 1.54) is 5.01 Å². The maximum absolute atomic E-state index is 11.7. The predicted molar refractivity (Wildman–Crippen MR) is 52.5 cm³/mol. The van der Waals surface area contributed by atoms with Crippen LogP contribution in [-0.2, 0) is 9.59 Å². The van der Waals surface area contributed by atoms with Crippen LogP contribution in [0.2, 0.25) is 0 Å². The molecular formula is C9H17N3O2. The third-order valence-electron chi connectivity index (χ3n) is 2.45. The molecule has 5 nitrogen and oxygen atoms in total. The number of nitrogens with one attached hydrogen (secondary N) is 2. The molecule has 0 spiro atoms. The molecule has 1 saturated heterocycles. The van der Waals surface area contributed by atoms with Crippen LogP contribution in [0.4, 0.5) is 0 Å². The minimum absolute atomic E-state index is 0.0148. The van der Waals surface area contributed by atoms with Crippen molar-refractivity contribution in [2.45, 2.75) is 31.8 Å². The van der Waals surface area contributed by atoms with Gasteiger partial charge in [0.05, 0.1) is 12.1 Å². The second kappa shape index (κ2) is 5.07. The van der Waals surface area contributed by atoms with Gasteiger partial charge in [0.25, 0.3) is 5.91 Å². The molecule has 14 heavy (non-hydrogen) atoms. The maximum atomic E-state index is 11.7. The average Bonchev–Trinajstić information content (AvgIpc) is 2.27. The number of amides is 1. The highest BCUT2D eigenvalue weighted by atomic mass is 16.2. The van der Waals surface area contributed by atoms with Crippen molar-refractivity contribution in [1.29, 1.82) is 0 Å². The highest BCUT2D eigenvalue weighted by Gasteiger charge is 2.25. The van der Waals surface area contributed by atoms with Crippen molar-refractivity contribution in [3.05, 3.63) is 0 Å². The molecular weight excluding hydrogens is 182 g/mol. The van der Waals surface area contributed by atoms with Crippen molar-refractivity contribution < 1.29 is 9.59 Å². The molecule has 1 fully saturated rings. The van der Waals surface area contributed by atoms with Crippen molar-refractivity contribution in [3.8, 4) is 0 Å². The van der Waals surface area contributed by atoms with E-state index in [-0.39, 0.29) is 18.0 Å². The molecule has 1 amide bonds. The van der Waals surface area contributed by atoms with E-state index in [1.54, 1.807) is 14.0 Å². The number of aldehydes is 1. The molecule has 1 heterocycles. The Bertz CT molecular complexity index is 220. The quantitative estimate of drug-likeness (QED) is 0.589. The number of carbonyl (C=O) groups is 2. The van der Waals surface area contributed by atoms with E-state index >= 15 is 0 Å². The molecule has 0 aliphatic carbocycles. The van der Waals surface area contributed by atoms with Crippen molar-refractivity contribution in [1.82, 2.24) is 15.8 Å². The summed E-state index contributed by atoms with van der Waals surface area (Å²) in [7, 11) is 1.74. The number of likely N-dealkylation sites (N-methyl/N-ethyl adjacent to an activating group) is 1. The van der Waals surface area contributed by atoms with E-state index in [9.17, 15) is 9.59 Å². The van der Waals surface area contributed by atoms with Gasteiger partial charge in [-0.05, 0) is 26.8 Å². The number of hydrazine groups is 1. The molecule has 1 aliphatic rings. The molecule has 2 N–H and O–H groups in total. The van der Waals surface area contributed by atoms with Gasteiger partial charge in [0, 0.05) is 6.54 Å². The lowest BCUT2D eigenvalue weighted by atomic mass is 10.1. The smallest absolute Gasteiger partial charge is 0.253 e. The Morgan fingerprint density at radius 3 is 3.00 bits per heavy atom. The van der Waals surface area contributed by atoms with Gasteiger partial charge < -0.3 is 10.1 Å². The van der Waals surface area contributed by atoms with Crippen LogP contribution in [0.15, 0.2) is 0 Å². The first-order valence-corrected chi connectivity index (χ1v) is 4.89. The standard InChI is InChI=1S/C9H17N3O2/c1-7(10-2)9(14)12-5-3-4-8(6-13)11-12/h6-8,10-11H,3-5H2,1-2H3. The normalized spacial score (nSPS) is 24.4. The van der Waals surface area contributed by atoms with Gasteiger partial charge in [-0.15, -0.1) is 0 Å². The summed E-state index contributed by atoms with van der Waals surface area (Å²) >= 11 is 0. The average molecular weight is 199 g/mol. The van der Waals surface area contributed by atoms with Gasteiger partial charge in [0.15, 0.2) is 0 Å². The van der Waals surface area contributed by atoms with Gasteiger partial charge in [-0.25, -0.2) is 5.43 Å². The Hall–Kier alpha value is -0.940. The fourth-order valence-corrected chi connectivity index (χ4v) is 1.43. The minimum atomic E-state index is -0.215. The van der Waals surface area contributed by atoms with Gasteiger partial charge in [-0.1, -0.05) is 0 Å². The number of hydrogen-bond acceptors (Lipinski definition) is 4. The summed E-state index contributed by atoms with van der Waals surface area (Å²) < 4.78 is 0. The lowest BCUT2D eigenvalue weighted by Gasteiger charge is -2.32. The summed E-state index contributed by atoms with van der Waals surface area (Å²) in [5.74, 6) is -0.0148. The molecule has 0 aromatic carbocycles. The molecule has 0 saturated carbocycles. The van der Waals surface area contributed by atoms with Gasteiger partial charge in [0.1, 0.15) is 6.29 Å². The Morgan fingerprint density at radius 1 is 1.71 bits per heavy atom. The molecule has 1 rings (SSSR count). The van der Waals surface area contributed by atoms with Crippen molar-refractivity contribution in [3.63, 3.8) is 0 Å². The number of nitrogens with zero attached hydrogens (tertiary/aromatic N) is 1. The first-order chi connectivity index (χ1) is 6.69. The molecule has 0 aromatic rings. The molecule has 0 aromatic heterocycles. The van der Waals surface area contributed by atoms with E-state index in [0.717, 1.165) is 19.1 Å². The number of carbonyl (C=O) groups excluding carboxylic acids is 2. The van der Waals surface area contributed by atoms with E-state index in [1.807, 2.05) is 0 Å². The number of hydrogen-bond donors (Lipinski definition) is 2. The highest BCUT2D eigenvalue weighted by Crippen LogP contribution is 2.06. The predicted octanol–water partition coefficient (Wildman–Crippen LogP) is -0.711. The lowest BCUT2D eigenvalue weighted by Crippen LogP contribution is -2.56. The SMILES string of the molecule is CNC(C)C(=O)N1CCCC(C=O)N1. The fraction of sp³-hybridized carbons (Fsp3) is 0.778.